The number of methoxy groups -OCH3 is 2. The Morgan fingerprint density at radius 3 is 2.62 bits per heavy atom. The molecule has 3 aromatic carbocycles. The molecule has 13 heteroatoms. The van der Waals surface area contributed by atoms with Gasteiger partial charge >= 0.3 is 5.97 Å². The van der Waals surface area contributed by atoms with Crippen molar-refractivity contribution in [1.29, 1.82) is 0 Å². The number of carboxylic acid groups (broad SMARTS) is 1. The number of aliphatic carboxylic acids is 1. The normalized spacial score (nSPS) is 12.3. The highest BCUT2D eigenvalue weighted by molar-refractivity contribution is 5.92. The number of aryl methyl sites for hydroxylation is 1. The summed E-state index contributed by atoms with van der Waals surface area (Å²) in [4.78, 5) is 17.4. The second-order valence-corrected chi connectivity index (χ2v) is 10.7. The quantitative estimate of drug-likeness (QED) is 0.150. The Morgan fingerprint density at radius 2 is 1.87 bits per heavy atom. The number of carboxylic acids is 1. The van der Waals surface area contributed by atoms with Crippen molar-refractivity contribution in [2.24, 2.45) is 0 Å². The van der Waals surface area contributed by atoms with Gasteiger partial charge in [0.2, 0.25) is 12.6 Å². The topological polar surface area (TPSA) is 156 Å². The molecule has 5 aromatic rings. The number of nitrogens with one attached hydrogen (secondary N) is 1. The number of aromatic amines is 1. The summed E-state index contributed by atoms with van der Waals surface area (Å²) in [5.74, 6) is 2.87. The molecule has 0 unspecified atom stereocenters. The predicted molar refractivity (Wildman–Crippen MR) is 171 cm³/mol. The van der Waals surface area contributed by atoms with Crippen molar-refractivity contribution in [2.75, 3.05) is 21.0 Å². The monoisotopic (exact) mass is 638 g/mol. The molecule has 1 aliphatic heterocycles. The van der Waals surface area contributed by atoms with E-state index in [-0.39, 0.29) is 25.4 Å². The highest BCUT2D eigenvalue weighted by Gasteiger charge is 2.22. The molecule has 0 aliphatic carbocycles. The average molecular weight is 639 g/mol. The lowest BCUT2D eigenvalue weighted by Crippen LogP contribution is -2.09. The molecule has 6 rings (SSSR count). The van der Waals surface area contributed by atoms with E-state index in [1.165, 1.54) is 7.11 Å². The number of H-pyrrole nitrogens is 1. The summed E-state index contributed by atoms with van der Waals surface area (Å²) < 4.78 is 30.5. The van der Waals surface area contributed by atoms with Crippen molar-refractivity contribution >= 4 is 12.0 Å². The lowest BCUT2D eigenvalue weighted by Gasteiger charge is -2.18. The summed E-state index contributed by atoms with van der Waals surface area (Å²) >= 11 is 0. The minimum Gasteiger partial charge on any atom is -0.497 e. The molecule has 0 saturated carbocycles. The van der Waals surface area contributed by atoms with Crippen LogP contribution in [0.3, 0.4) is 0 Å². The fourth-order valence-electron chi connectivity index (χ4n) is 5.38. The van der Waals surface area contributed by atoms with Crippen LogP contribution < -0.4 is 23.7 Å². The minimum atomic E-state index is -1.07. The molecule has 0 spiro atoms. The number of ether oxygens (including phenoxy) is 5. The van der Waals surface area contributed by atoms with Gasteiger partial charge in [0.15, 0.2) is 11.5 Å². The Bertz CT molecular complexity index is 1900. The molecular formula is C34H34N6O7. The lowest BCUT2D eigenvalue weighted by molar-refractivity contribution is -0.132. The third-order valence-electron chi connectivity index (χ3n) is 7.76. The Kier molecular flexibility index (Phi) is 9.32. The Labute approximate surface area is 270 Å². The van der Waals surface area contributed by atoms with Crippen LogP contribution in [-0.2, 0) is 24.2 Å². The van der Waals surface area contributed by atoms with Crippen LogP contribution in [0.5, 0.6) is 28.7 Å². The SMILES string of the molecule is CCCCc1ncc(/C=C(\Cc2cc3c(cc2OC)OCO3)C(=O)O)n1-c1ccc(OC)cc1OCc1ccccc1-c1nn[nH]n1. The van der Waals surface area contributed by atoms with E-state index < -0.39 is 5.97 Å². The van der Waals surface area contributed by atoms with E-state index in [2.05, 4.69) is 27.5 Å². The van der Waals surface area contributed by atoms with E-state index in [1.54, 1.807) is 37.6 Å². The maximum atomic E-state index is 12.7. The third kappa shape index (κ3) is 6.73. The van der Waals surface area contributed by atoms with Crippen molar-refractivity contribution in [3.8, 4) is 45.8 Å². The molecule has 0 saturated heterocycles. The zero-order chi connectivity index (χ0) is 32.8. The summed E-state index contributed by atoms with van der Waals surface area (Å²) in [6.07, 6.45) is 5.92. The maximum absolute atomic E-state index is 12.7. The molecule has 0 fully saturated rings. The standard InChI is InChI=1S/C34H34N6O7/c1-4-5-10-32-35-18-24(14-23(34(41)42)13-22-15-30-31(47-20-46-30)17-28(22)44-3)40(32)27-12-11-25(43-2)16-29(27)45-19-21-8-6-7-9-26(21)33-36-38-39-37-33/h6-9,11-12,14-18H,4-5,10,13,19-20H2,1-3H3,(H,41,42)(H,36,37,38,39)/b23-14+. The molecule has 242 valence electrons. The Morgan fingerprint density at radius 1 is 1.04 bits per heavy atom. The van der Waals surface area contributed by atoms with Gasteiger partial charge in [-0.2, -0.15) is 5.21 Å². The van der Waals surface area contributed by atoms with Gasteiger partial charge < -0.3 is 28.8 Å². The first kappa shape index (κ1) is 31.1. The van der Waals surface area contributed by atoms with Crippen molar-refractivity contribution in [1.82, 2.24) is 30.2 Å². The molecule has 2 N–H and O–H groups in total. The number of hydrogen-bond donors (Lipinski definition) is 2. The molecular weight excluding hydrogens is 604 g/mol. The molecule has 1 aliphatic rings. The molecule has 0 atom stereocenters. The number of unbranched alkanes of at least 4 members (excludes halogenated alkanes) is 1. The van der Waals surface area contributed by atoms with Crippen molar-refractivity contribution in [3.05, 3.63) is 89.0 Å². The minimum absolute atomic E-state index is 0.0729. The van der Waals surface area contributed by atoms with Crippen LogP contribution in [0.4, 0.5) is 0 Å². The van der Waals surface area contributed by atoms with Crippen molar-refractivity contribution in [3.63, 3.8) is 0 Å². The van der Waals surface area contributed by atoms with Gasteiger partial charge in [-0.1, -0.05) is 37.6 Å². The number of nitrogens with zero attached hydrogens (tertiary/aromatic N) is 5. The highest BCUT2D eigenvalue weighted by Crippen LogP contribution is 2.39. The van der Waals surface area contributed by atoms with Gasteiger partial charge in [0.1, 0.15) is 29.7 Å². The van der Waals surface area contributed by atoms with E-state index in [0.29, 0.717) is 57.9 Å². The van der Waals surface area contributed by atoms with E-state index in [4.69, 9.17) is 28.7 Å². The molecule has 47 heavy (non-hydrogen) atoms. The van der Waals surface area contributed by atoms with Gasteiger partial charge in [-0.25, -0.2) is 9.78 Å². The van der Waals surface area contributed by atoms with Crippen LogP contribution in [0.2, 0.25) is 0 Å². The smallest absolute Gasteiger partial charge is 0.331 e. The number of hydrogen-bond acceptors (Lipinski definition) is 10. The van der Waals surface area contributed by atoms with E-state index >= 15 is 0 Å². The molecule has 0 bridgehead atoms. The fraction of sp³-hybridized carbons (Fsp3) is 0.265. The van der Waals surface area contributed by atoms with Gasteiger partial charge in [0.25, 0.3) is 0 Å². The van der Waals surface area contributed by atoms with Gasteiger partial charge in [-0.15, -0.1) is 10.2 Å². The van der Waals surface area contributed by atoms with Gasteiger partial charge in [-0.05, 0) is 35.9 Å². The third-order valence-corrected chi connectivity index (χ3v) is 7.76. The van der Waals surface area contributed by atoms with Crippen LogP contribution in [0.1, 0.15) is 42.4 Å². The van der Waals surface area contributed by atoms with Crippen LogP contribution in [0, 0.1) is 0 Å². The number of benzene rings is 3. The van der Waals surface area contributed by atoms with Gasteiger partial charge in [-0.3, -0.25) is 4.57 Å². The Hall–Kier alpha value is -5.85. The summed E-state index contributed by atoms with van der Waals surface area (Å²) in [6, 6.07) is 16.6. The first-order valence-electron chi connectivity index (χ1n) is 15.1. The fourth-order valence-corrected chi connectivity index (χ4v) is 5.38. The molecule has 2 aromatic heterocycles. The molecule has 0 radical (unpaired) electrons. The van der Waals surface area contributed by atoms with Crippen LogP contribution in [0.15, 0.2) is 66.4 Å². The number of tetrazole rings is 1. The number of carbonyl (C=O) groups is 1. The maximum Gasteiger partial charge on any atom is 0.331 e. The number of imidazole rings is 1. The van der Waals surface area contributed by atoms with Crippen LogP contribution in [-0.4, -0.2) is 62.3 Å². The average Bonchev–Trinajstić information content (AvgIpc) is 3.87. The molecule has 0 amide bonds. The number of fused-ring (bicyclic) bond motifs is 1. The zero-order valence-electron chi connectivity index (χ0n) is 26.2. The number of rotatable bonds is 14. The van der Waals surface area contributed by atoms with Crippen LogP contribution >= 0.6 is 0 Å². The zero-order valence-corrected chi connectivity index (χ0v) is 26.2. The second-order valence-electron chi connectivity index (χ2n) is 10.7. The predicted octanol–water partition coefficient (Wildman–Crippen LogP) is 5.43. The highest BCUT2D eigenvalue weighted by atomic mass is 16.7. The first-order chi connectivity index (χ1) is 23.0. The molecule has 13 nitrogen and oxygen atoms in total. The summed E-state index contributed by atoms with van der Waals surface area (Å²) in [5, 5.41) is 24.8. The molecule has 3 heterocycles. The number of aromatic nitrogens is 6. The van der Waals surface area contributed by atoms with Crippen molar-refractivity contribution < 1.29 is 33.6 Å². The second kappa shape index (κ2) is 14.1. The first-order valence-corrected chi connectivity index (χ1v) is 15.1. The summed E-state index contributed by atoms with van der Waals surface area (Å²) in [7, 11) is 3.12. The van der Waals surface area contributed by atoms with E-state index in [1.807, 2.05) is 41.0 Å². The van der Waals surface area contributed by atoms with E-state index in [9.17, 15) is 9.90 Å². The summed E-state index contributed by atoms with van der Waals surface area (Å²) in [5.41, 5.74) is 3.68. The summed E-state index contributed by atoms with van der Waals surface area (Å²) in [6.45, 7) is 2.40. The van der Waals surface area contributed by atoms with E-state index in [0.717, 1.165) is 29.8 Å². The van der Waals surface area contributed by atoms with Crippen molar-refractivity contribution in [2.45, 2.75) is 39.2 Å². The lowest BCUT2D eigenvalue weighted by atomic mass is 10.0. The Balaban J connectivity index is 1.40. The van der Waals surface area contributed by atoms with Gasteiger partial charge in [0.05, 0.1) is 31.8 Å². The largest absolute Gasteiger partial charge is 0.497 e. The van der Waals surface area contributed by atoms with Crippen LogP contribution in [0.25, 0.3) is 23.2 Å². The van der Waals surface area contributed by atoms with Gasteiger partial charge in [0, 0.05) is 47.2 Å².